The first-order chi connectivity index (χ1) is 11.4. The summed E-state index contributed by atoms with van der Waals surface area (Å²) in [6, 6.07) is 7.05. The summed E-state index contributed by atoms with van der Waals surface area (Å²) < 4.78 is 4.78. The fraction of sp³-hybridized carbons (Fsp3) is 0.200. The van der Waals surface area contributed by atoms with E-state index >= 15 is 0 Å². The van der Waals surface area contributed by atoms with Crippen molar-refractivity contribution >= 4 is 34.1 Å². The second-order valence-electron chi connectivity index (χ2n) is 5.27. The molecule has 0 saturated heterocycles. The Morgan fingerprint density at radius 1 is 1.38 bits per heavy atom. The van der Waals surface area contributed by atoms with E-state index in [0.29, 0.717) is 16.2 Å². The maximum Gasteiger partial charge on any atom is 0.200 e. The molecule has 0 atom stereocenters. The molecule has 0 fully saturated rings. The molecule has 3 rings (SSSR count). The van der Waals surface area contributed by atoms with Crippen LogP contribution < -0.4 is 5.11 Å². The standard InChI is InChI=1S/C15H14BrN5O2S/c1-8-12(16)13(20(2)19-8)14-17-18-15(24)21(14)10-5-3-9(4-6-10)7-11(22)23/h3-6H,7H2,1-2H3,(H,18,24)(H,22,23)/p-1. The molecule has 0 saturated carbocycles. The van der Waals surface area contributed by atoms with Crippen molar-refractivity contribution in [2.75, 3.05) is 0 Å². The van der Waals surface area contributed by atoms with Crippen molar-refractivity contribution in [2.45, 2.75) is 13.3 Å². The van der Waals surface area contributed by atoms with E-state index < -0.39 is 5.97 Å². The highest BCUT2D eigenvalue weighted by Gasteiger charge is 2.19. The van der Waals surface area contributed by atoms with Gasteiger partial charge in [0.1, 0.15) is 5.69 Å². The summed E-state index contributed by atoms with van der Waals surface area (Å²) in [4.78, 5) is 10.7. The molecule has 3 aromatic rings. The topological polar surface area (TPSA) is 91.6 Å². The molecule has 124 valence electrons. The van der Waals surface area contributed by atoms with Gasteiger partial charge in [0.25, 0.3) is 0 Å². The van der Waals surface area contributed by atoms with Gasteiger partial charge in [-0.3, -0.25) is 14.3 Å². The molecule has 0 spiro atoms. The van der Waals surface area contributed by atoms with Gasteiger partial charge in [0, 0.05) is 19.4 Å². The first-order valence-electron chi connectivity index (χ1n) is 7.04. The van der Waals surface area contributed by atoms with Gasteiger partial charge in [-0.1, -0.05) is 12.1 Å². The summed E-state index contributed by atoms with van der Waals surface area (Å²) in [5.41, 5.74) is 3.07. The Balaban J connectivity index is 2.11. The molecule has 0 aliphatic heterocycles. The minimum atomic E-state index is -1.11. The molecule has 7 nitrogen and oxygen atoms in total. The zero-order valence-electron chi connectivity index (χ0n) is 12.9. The maximum atomic E-state index is 10.7. The number of hydrogen-bond donors (Lipinski definition) is 1. The number of carbonyl (C=O) groups is 1. The Labute approximate surface area is 151 Å². The van der Waals surface area contributed by atoms with Crippen LogP contribution in [0.4, 0.5) is 0 Å². The van der Waals surface area contributed by atoms with Crippen LogP contribution in [0.15, 0.2) is 28.7 Å². The van der Waals surface area contributed by atoms with Crippen LogP contribution >= 0.6 is 28.1 Å². The number of aryl methyl sites for hydroxylation is 2. The molecule has 2 aromatic heterocycles. The molecule has 0 aliphatic carbocycles. The normalized spacial score (nSPS) is 11.0. The third-order valence-electron chi connectivity index (χ3n) is 3.58. The number of halogens is 1. The van der Waals surface area contributed by atoms with E-state index in [0.717, 1.165) is 21.5 Å². The number of hydrogen-bond acceptors (Lipinski definition) is 5. The Morgan fingerprint density at radius 3 is 2.58 bits per heavy atom. The number of carboxylic acids is 1. The van der Waals surface area contributed by atoms with Gasteiger partial charge in [-0.05, 0) is 52.8 Å². The fourth-order valence-corrected chi connectivity index (χ4v) is 3.25. The average molecular weight is 407 g/mol. The number of aromatic amines is 1. The lowest BCUT2D eigenvalue weighted by molar-refractivity contribution is -0.304. The van der Waals surface area contributed by atoms with Crippen molar-refractivity contribution in [1.29, 1.82) is 0 Å². The number of rotatable bonds is 4. The highest BCUT2D eigenvalue weighted by Crippen LogP contribution is 2.30. The minimum absolute atomic E-state index is 0.129. The minimum Gasteiger partial charge on any atom is -0.550 e. The van der Waals surface area contributed by atoms with Crippen LogP contribution in [0.25, 0.3) is 17.2 Å². The lowest BCUT2D eigenvalue weighted by Crippen LogP contribution is -2.24. The Morgan fingerprint density at radius 2 is 2.04 bits per heavy atom. The second kappa shape index (κ2) is 6.33. The van der Waals surface area contributed by atoms with Gasteiger partial charge in [0.15, 0.2) is 10.6 Å². The fourth-order valence-electron chi connectivity index (χ4n) is 2.50. The smallest absolute Gasteiger partial charge is 0.200 e. The number of aliphatic carboxylic acids is 1. The number of carboxylic acid groups (broad SMARTS) is 1. The van der Waals surface area contributed by atoms with Crippen LogP contribution in [0.3, 0.4) is 0 Å². The molecule has 0 amide bonds. The molecule has 9 heteroatoms. The van der Waals surface area contributed by atoms with Crippen molar-refractivity contribution < 1.29 is 9.90 Å². The van der Waals surface area contributed by atoms with Crippen LogP contribution in [-0.4, -0.2) is 30.5 Å². The largest absolute Gasteiger partial charge is 0.550 e. The second-order valence-corrected chi connectivity index (χ2v) is 6.45. The summed E-state index contributed by atoms with van der Waals surface area (Å²) in [6.07, 6.45) is -0.129. The first kappa shape index (κ1) is 16.6. The van der Waals surface area contributed by atoms with Crippen molar-refractivity contribution in [3.8, 4) is 17.2 Å². The highest BCUT2D eigenvalue weighted by molar-refractivity contribution is 9.10. The van der Waals surface area contributed by atoms with Crippen LogP contribution in [0.1, 0.15) is 11.3 Å². The predicted molar refractivity (Wildman–Crippen MR) is 92.1 cm³/mol. The summed E-state index contributed by atoms with van der Waals surface area (Å²) >= 11 is 8.88. The number of H-pyrrole nitrogens is 1. The van der Waals surface area contributed by atoms with Gasteiger partial charge >= 0.3 is 0 Å². The third-order valence-corrected chi connectivity index (χ3v) is 4.80. The number of aromatic nitrogens is 5. The van der Waals surface area contributed by atoms with Crippen LogP contribution in [-0.2, 0) is 18.3 Å². The van der Waals surface area contributed by atoms with Crippen LogP contribution in [0, 0.1) is 11.7 Å². The molecule has 0 bridgehead atoms. The molecule has 0 aliphatic rings. The van der Waals surface area contributed by atoms with Crippen LogP contribution in [0.2, 0.25) is 0 Å². The number of nitrogens with one attached hydrogen (secondary N) is 1. The van der Waals surface area contributed by atoms with Gasteiger partial charge in [-0.25, -0.2) is 0 Å². The van der Waals surface area contributed by atoms with Crippen molar-refractivity contribution in [2.24, 2.45) is 7.05 Å². The Bertz CT molecular complexity index is 971. The van der Waals surface area contributed by atoms with E-state index in [1.807, 2.05) is 14.0 Å². The van der Waals surface area contributed by atoms with Crippen molar-refractivity contribution in [1.82, 2.24) is 24.5 Å². The van der Waals surface area contributed by atoms with Gasteiger partial charge in [-0.15, -0.1) is 0 Å². The zero-order chi connectivity index (χ0) is 17.4. The molecule has 0 unspecified atom stereocenters. The van der Waals surface area contributed by atoms with E-state index in [4.69, 9.17) is 12.2 Å². The molecular weight excluding hydrogens is 394 g/mol. The van der Waals surface area contributed by atoms with E-state index in [2.05, 4.69) is 31.2 Å². The first-order valence-corrected chi connectivity index (χ1v) is 8.24. The number of nitrogens with zero attached hydrogens (tertiary/aromatic N) is 4. The zero-order valence-corrected chi connectivity index (χ0v) is 15.3. The average Bonchev–Trinajstić information content (AvgIpc) is 3.00. The van der Waals surface area contributed by atoms with Crippen molar-refractivity contribution in [3.63, 3.8) is 0 Å². The SMILES string of the molecule is Cc1nn(C)c(-c2n[nH]c(=S)n2-c2ccc(CC(=O)[O-])cc2)c1Br. The van der Waals surface area contributed by atoms with E-state index in [9.17, 15) is 9.90 Å². The van der Waals surface area contributed by atoms with E-state index in [1.165, 1.54) is 0 Å². The monoisotopic (exact) mass is 406 g/mol. The summed E-state index contributed by atoms with van der Waals surface area (Å²) in [6.45, 7) is 1.90. The summed E-state index contributed by atoms with van der Waals surface area (Å²) in [7, 11) is 1.83. The molecule has 2 heterocycles. The van der Waals surface area contributed by atoms with Crippen LogP contribution in [0.5, 0.6) is 0 Å². The lowest BCUT2D eigenvalue weighted by atomic mass is 10.1. The van der Waals surface area contributed by atoms with E-state index in [1.54, 1.807) is 33.5 Å². The van der Waals surface area contributed by atoms with Gasteiger partial charge in [0.05, 0.1) is 15.9 Å². The van der Waals surface area contributed by atoms with Crippen molar-refractivity contribution in [3.05, 3.63) is 44.8 Å². The van der Waals surface area contributed by atoms with Gasteiger partial charge in [-0.2, -0.15) is 10.2 Å². The molecular formula is C15H13BrN5O2S-. The Hall–Kier alpha value is -2.26. The molecule has 1 aromatic carbocycles. The van der Waals surface area contributed by atoms with E-state index in [-0.39, 0.29) is 6.42 Å². The molecule has 1 N–H and O–H groups in total. The summed E-state index contributed by atoms with van der Waals surface area (Å²) in [5.74, 6) is -0.500. The highest BCUT2D eigenvalue weighted by atomic mass is 79.9. The number of benzene rings is 1. The lowest BCUT2D eigenvalue weighted by Gasteiger charge is -2.09. The third kappa shape index (κ3) is 2.92. The summed E-state index contributed by atoms with van der Waals surface area (Å²) in [5, 5.41) is 22.2. The van der Waals surface area contributed by atoms with Gasteiger partial charge < -0.3 is 9.90 Å². The molecule has 24 heavy (non-hydrogen) atoms. The quantitative estimate of drug-likeness (QED) is 0.665. The number of carbonyl (C=O) groups excluding carboxylic acids is 1. The predicted octanol–water partition coefficient (Wildman–Crippen LogP) is 1.69. The van der Waals surface area contributed by atoms with Gasteiger partial charge in [0.2, 0.25) is 0 Å². The maximum absolute atomic E-state index is 10.7. The Kier molecular flexibility index (Phi) is 4.37. The molecule has 0 radical (unpaired) electrons.